The SMILES string of the molecule is C/C=C/c1ccc(-c2ccncc2)cc1. The Kier molecular flexibility index (Phi) is 2.93. The van der Waals surface area contributed by atoms with Crippen LogP contribution in [-0.2, 0) is 0 Å². The number of nitrogens with zero attached hydrogens (tertiary/aromatic N) is 1. The van der Waals surface area contributed by atoms with E-state index in [1.807, 2.05) is 37.5 Å². The van der Waals surface area contributed by atoms with Gasteiger partial charge in [0.1, 0.15) is 0 Å². The van der Waals surface area contributed by atoms with Gasteiger partial charge in [-0.3, -0.25) is 4.98 Å². The van der Waals surface area contributed by atoms with Crippen molar-refractivity contribution in [2.75, 3.05) is 0 Å². The van der Waals surface area contributed by atoms with Gasteiger partial charge in [-0.2, -0.15) is 0 Å². The molecule has 2 aromatic rings. The quantitative estimate of drug-likeness (QED) is 0.710. The van der Waals surface area contributed by atoms with E-state index in [1.54, 1.807) is 0 Å². The zero-order chi connectivity index (χ0) is 10.5. The third-order valence-electron chi connectivity index (χ3n) is 2.28. The van der Waals surface area contributed by atoms with Crippen LogP contribution in [0, 0.1) is 0 Å². The summed E-state index contributed by atoms with van der Waals surface area (Å²) in [6.07, 6.45) is 7.77. The Balaban J connectivity index is 2.32. The highest BCUT2D eigenvalue weighted by Crippen LogP contribution is 2.18. The molecule has 1 heteroatoms. The highest BCUT2D eigenvalue weighted by Gasteiger charge is 1.95. The first kappa shape index (κ1) is 9.66. The van der Waals surface area contributed by atoms with E-state index in [0.717, 1.165) is 0 Å². The fourth-order valence-electron chi connectivity index (χ4n) is 1.52. The molecule has 1 nitrogen and oxygen atoms in total. The molecule has 0 N–H and O–H groups in total. The molecule has 0 aliphatic carbocycles. The minimum Gasteiger partial charge on any atom is -0.265 e. The van der Waals surface area contributed by atoms with E-state index in [9.17, 15) is 0 Å². The zero-order valence-electron chi connectivity index (χ0n) is 8.72. The number of aromatic nitrogens is 1. The molecular weight excluding hydrogens is 182 g/mol. The van der Waals surface area contributed by atoms with Crippen LogP contribution in [0.15, 0.2) is 54.9 Å². The highest BCUT2D eigenvalue weighted by molar-refractivity contribution is 5.65. The van der Waals surface area contributed by atoms with Crippen LogP contribution in [0.1, 0.15) is 12.5 Å². The first-order chi connectivity index (χ1) is 7.40. The Morgan fingerprint density at radius 1 is 0.867 bits per heavy atom. The molecule has 2 rings (SSSR count). The molecule has 15 heavy (non-hydrogen) atoms. The first-order valence-electron chi connectivity index (χ1n) is 5.03. The average molecular weight is 195 g/mol. The molecule has 0 amide bonds. The number of hydrogen-bond acceptors (Lipinski definition) is 1. The van der Waals surface area contributed by atoms with Gasteiger partial charge in [-0.25, -0.2) is 0 Å². The summed E-state index contributed by atoms with van der Waals surface area (Å²) in [5.41, 5.74) is 3.66. The Hall–Kier alpha value is -1.89. The summed E-state index contributed by atoms with van der Waals surface area (Å²) < 4.78 is 0. The molecule has 0 atom stereocenters. The smallest absolute Gasteiger partial charge is 0.0273 e. The lowest BCUT2D eigenvalue weighted by molar-refractivity contribution is 1.33. The maximum Gasteiger partial charge on any atom is 0.0273 e. The summed E-state index contributed by atoms with van der Waals surface area (Å²) in [5, 5.41) is 0. The molecule has 0 fully saturated rings. The molecule has 0 saturated heterocycles. The van der Waals surface area contributed by atoms with E-state index in [1.165, 1.54) is 16.7 Å². The standard InChI is InChI=1S/C14H13N/c1-2-3-12-4-6-13(7-5-12)14-8-10-15-11-9-14/h2-11H,1H3/b3-2+. The Morgan fingerprint density at radius 2 is 1.47 bits per heavy atom. The van der Waals surface area contributed by atoms with Gasteiger partial charge in [0.2, 0.25) is 0 Å². The van der Waals surface area contributed by atoms with Crippen LogP contribution in [0.2, 0.25) is 0 Å². The van der Waals surface area contributed by atoms with Crippen molar-refractivity contribution >= 4 is 6.08 Å². The van der Waals surface area contributed by atoms with Gasteiger partial charge in [-0.05, 0) is 35.7 Å². The maximum atomic E-state index is 4.01. The second kappa shape index (κ2) is 4.56. The van der Waals surface area contributed by atoms with Crippen molar-refractivity contribution in [2.24, 2.45) is 0 Å². The third kappa shape index (κ3) is 2.32. The fraction of sp³-hybridized carbons (Fsp3) is 0.0714. The predicted octanol–water partition coefficient (Wildman–Crippen LogP) is 3.78. The molecule has 0 aliphatic heterocycles. The molecule has 0 radical (unpaired) electrons. The molecule has 0 saturated carbocycles. The van der Waals surface area contributed by atoms with E-state index in [-0.39, 0.29) is 0 Å². The van der Waals surface area contributed by atoms with Crippen molar-refractivity contribution in [1.82, 2.24) is 4.98 Å². The predicted molar refractivity (Wildman–Crippen MR) is 64.4 cm³/mol. The van der Waals surface area contributed by atoms with Gasteiger partial charge < -0.3 is 0 Å². The van der Waals surface area contributed by atoms with E-state index in [0.29, 0.717) is 0 Å². The van der Waals surface area contributed by atoms with Gasteiger partial charge in [0.05, 0.1) is 0 Å². The van der Waals surface area contributed by atoms with Gasteiger partial charge in [0.15, 0.2) is 0 Å². The summed E-state index contributed by atoms with van der Waals surface area (Å²) in [6, 6.07) is 12.5. The number of allylic oxidation sites excluding steroid dienone is 1. The molecular formula is C14H13N. The largest absolute Gasteiger partial charge is 0.265 e. The summed E-state index contributed by atoms with van der Waals surface area (Å²) in [6.45, 7) is 2.02. The Bertz CT molecular complexity index is 441. The monoisotopic (exact) mass is 195 g/mol. The number of benzene rings is 1. The van der Waals surface area contributed by atoms with Crippen molar-refractivity contribution in [3.8, 4) is 11.1 Å². The summed E-state index contributed by atoms with van der Waals surface area (Å²) in [7, 11) is 0. The van der Waals surface area contributed by atoms with Crippen LogP contribution >= 0.6 is 0 Å². The zero-order valence-corrected chi connectivity index (χ0v) is 8.72. The molecule has 1 heterocycles. The van der Waals surface area contributed by atoms with Crippen molar-refractivity contribution in [3.63, 3.8) is 0 Å². The van der Waals surface area contributed by atoms with E-state index in [4.69, 9.17) is 0 Å². The minimum absolute atomic E-state index is 1.21. The maximum absolute atomic E-state index is 4.01. The highest BCUT2D eigenvalue weighted by atomic mass is 14.6. The first-order valence-corrected chi connectivity index (χ1v) is 5.03. The van der Waals surface area contributed by atoms with Gasteiger partial charge in [-0.1, -0.05) is 36.4 Å². The summed E-state index contributed by atoms with van der Waals surface area (Å²) in [4.78, 5) is 4.01. The summed E-state index contributed by atoms with van der Waals surface area (Å²) in [5.74, 6) is 0. The van der Waals surface area contributed by atoms with Gasteiger partial charge in [0, 0.05) is 12.4 Å². The molecule has 0 spiro atoms. The lowest BCUT2D eigenvalue weighted by Crippen LogP contribution is -1.78. The van der Waals surface area contributed by atoms with Gasteiger partial charge in [-0.15, -0.1) is 0 Å². The van der Waals surface area contributed by atoms with Crippen molar-refractivity contribution < 1.29 is 0 Å². The topological polar surface area (TPSA) is 12.9 Å². The molecule has 0 unspecified atom stereocenters. The van der Waals surface area contributed by atoms with E-state index >= 15 is 0 Å². The molecule has 74 valence electrons. The van der Waals surface area contributed by atoms with Crippen LogP contribution in [-0.4, -0.2) is 4.98 Å². The third-order valence-corrected chi connectivity index (χ3v) is 2.28. The molecule has 0 bridgehead atoms. The molecule has 1 aromatic carbocycles. The fourth-order valence-corrected chi connectivity index (χ4v) is 1.52. The Labute approximate surface area is 90.1 Å². The van der Waals surface area contributed by atoms with Crippen LogP contribution in [0.4, 0.5) is 0 Å². The van der Waals surface area contributed by atoms with Crippen LogP contribution < -0.4 is 0 Å². The second-order valence-electron chi connectivity index (χ2n) is 3.36. The van der Waals surface area contributed by atoms with Crippen molar-refractivity contribution in [2.45, 2.75) is 6.92 Å². The molecule has 1 aromatic heterocycles. The lowest BCUT2D eigenvalue weighted by Gasteiger charge is -2.01. The number of pyridine rings is 1. The van der Waals surface area contributed by atoms with Crippen molar-refractivity contribution in [1.29, 1.82) is 0 Å². The lowest BCUT2D eigenvalue weighted by atomic mass is 10.1. The van der Waals surface area contributed by atoms with E-state index in [2.05, 4.69) is 35.3 Å². The molecule has 0 aliphatic rings. The summed E-state index contributed by atoms with van der Waals surface area (Å²) >= 11 is 0. The van der Waals surface area contributed by atoms with Gasteiger partial charge in [0.25, 0.3) is 0 Å². The van der Waals surface area contributed by atoms with Gasteiger partial charge >= 0.3 is 0 Å². The minimum atomic E-state index is 1.21. The van der Waals surface area contributed by atoms with Crippen LogP contribution in [0.3, 0.4) is 0 Å². The second-order valence-corrected chi connectivity index (χ2v) is 3.36. The Morgan fingerprint density at radius 3 is 2.07 bits per heavy atom. The van der Waals surface area contributed by atoms with Crippen molar-refractivity contribution in [3.05, 3.63) is 60.4 Å². The van der Waals surface area contributed by atoms with Crippen LogP contribution in [0.25, 0.3) is 17.2 Å². The van der Waals surface area contributed by atoms with E-state index < -0.39 is 0 Å². The number of hydrogen-bond donors (Lipinski definition) is 0. The normalized spacial score (nSPS) is 10.7. The average Bonchev–Trinajstić information content (AvgIpc) is 2.32. The van der Waals surface area contributed by atoms with Crippen LogP contribution in [0.5, 0.6) is 0 Å². The number of rotatable bonds is 2.